The molecule has 0 rings (SSSR count). The Labute approximate surface area is 263 Å². The Morgan fingerprint density at radius 2 is 0.690 bits per heavy atom. The van der Waals surface area contributed by atoms with Crippen molar-refractivity contribution < 1.29 is 76.2 Å². The van der Waals surface area contributed by atoms with Gasteiger partial charge in [-0.3, -0.25) is 18.3 Å². The van der Waals surface area contributed by atoms with Gasteiger partial charge in [0.1, 0.15) is 0 Å². The first-order chi connectivity index (χ1) is 11.1. The molecule has 14 N–H and O–H groups in total. The molecule has 0 aliphatic carbocycles. The standard InChI is InChI=1S/2C3H11NO7P2.3Ca.6H/c2*4-2-1-3(5,12(6,7)8)13(9,10)11;;;;;;;;;/h2*5H,1-2,4H2,(H2,6,7,8)(H2,9,10,11);;;;;;;;;/q;;3*+2;6*-1. The molecule has 0 saturated carbocycles. The van der Waals surface area contributed by atoms with Crippen LogP contribution < -0.4 is 11.5 Å². The average Bonchev–Trinajstić information content (AvgIpc) is 2.34. The molecule has 0 unspecified atom stereocenters. The number of hydrogen-bond acceptors (Lipinski definition) is 8. The fraction of sp³-hybridized carbons (Fsp3) is 1.00. The van der Waals surface area contributed by atoms with Gasteiger partial charge in [0.15, 0.2) is 0 Å². The Kier molecular flexibility index (Phi) is 24.0. The van der Waals surface area contributed by atoms with Crippen LogP contribution in [0, 0.1) is 0 Å². The van der Waals surface area contributed by atoms with E-state index in [0.717, 1.165) is 0 Å². The van der Waals surface area contributed by atoms with E-state index in [9.17, 15) is 18.3 Å². The quantitative estimate of drug-likeness (QED) is 0.0944. The van der Waals surface area contributed by atoms with E-state index in [1.54, 1.807) is 0 Å². The summed E-state index contributed by atoms with van der Waals surface area (Å²) < 4.78 is 42.3. The third-order valence-electron chi connectivity index (χ3n) is 2.83. The summed E-state index contributed by atoms with van der Waals surface area (Å²) in [6, 6.07) is 0. The molecule has 0 aromatic heterocycles. The number of hydrogen-bond donors (Lipinski definition) is 12. The number of nitrogens with two attached hydrogens (primary N) is 2. The summed E-state index contributed by atoms with van der Waals surface area (Å²) in [7, 11) is -21.3. The van der Waals surface area contributed by atoms with Gasteiger partial charge in [-0.25, -0.2) is 0 Å². The summed E-state index contributed by atoms with van der Waals surface area (Å²) >= 11 is 0. The van der Waals surface area contributed by atoms with Gasteiger partial charge in [-0.2, -0.15) is 0 Å². The minimum atomic E-state index is -5.31. The predicted molar refractivity (Wildman–Crippen MR) is 109 cm³/mol. The van der Waals surface area contributed by atoms with Crippen LogP contribution in [0.4, 0.5) is 0 Å². The minimum absolute atomic E-state index is 0. The zero-order valence-electron chi connectivity index (χ0n) is 21.0. The first kappa shape index (κ1) is 43.3. The molecular formula is C6H28Ca3N2O14P4. The molecule has 172 valence electrons. The zero-order chi connectivity index (χ0) is 21.8. The molecule has 29 heavy (non-hydrogen) atoms. The molecule has 0 aliphatic rings. The molecule has 0 heterocycles. The van der Waals surface area contributed by atoms with Gasteiger partial charge in [-0.1, -0.05) is 0 Å². The Balaban J connectivity index is -0.0000000291. The number of rotatable bonds is 8. The van der Waals surface area contributed by atoms with Crippen molar-refractivity contribution in [2.24, 2.45) is 11.5 Å². The van der Waals surface area contributed by atoms with Crippen molar-refractivity contribution >= 4 is 144 Å². The molecule has 0 saturated heterocycles. The SMILES string of the molecule is NCCC(O)(P(=O)(O)O)P(=O)(O)O.NCCC(O)(P(=O)(O)O)P(=O)(O)O.[Ca+2].[Ca+2].[Ca+2].[H-].[H-].[H-].[H-].[H-].[H-]. The van der Waals surface area contributed by atoms with Gasteiger partial charge in [-0.05, 0) is 13.1 Å². The maximum absolute atomic E-state index is 10.6. The maximum Gasteiger partial charge on any atom is 2.00 e. The monoisotopic (exact) mass is 596 g/mol. The number of aliphatic hydroxyl groups is 2. The average molecular weight is 596 g/mol. The molecule has 0 fully saturated rings. The Hall–Kier alpha value is 4.22. The first-order valence-electron chi connectivity index (χ1n) is 6.20. The summed E-state index contributed by atoms with van der Waals surface area (Å²) in [6.07, 6.45) is -1.75. The van der Waals surface area contributed by atoms with Gasteiger partial charge < -0.3 is 69.4 Å². The normalized spacial score (nSPS) is 13.1. The molecule has 23 heteroatoms. The maximum atomic E-state index is 10.6. The minimum Gasteiger partial charge on any atom is -1.00 e. The van der Waals surface area contributed by atoms with Crippen molar-refractivity contribution in [2.75, 3.05) is 13.1 Å². The van der Waals surface area contributed by atoms with E-state index in [1.165, 1.54) is 0 Å². The van der Waals surface area contributed by atoms with Crippen LogP contribution in [0.1, 0.15) is 21.4 Å². The second-order valence-corrected chi connectivity index (χ2v) is 12.8. The van der Waals surface area contributed by atoms with Crippen molar-refractivity contribution in [2.45, 2.75) is 23.0 Å². The summed E-state index contributed by atoms with van der Waals surface area (Å²) in [5, 5.41) is 11.4. The fourth-order valence-corrected chi connectivity index (χ4v) is 5.71. The molecular weight excluding hydrogens is 568 g/mol. The van der Waals surface area contributed by atoms with Gasteiger partial charge in [0.05, 0.1) is 0 Å². The van der Waals surface area contributed by atoms with E-state index in [-0.39, 0.29) is 122 Å². The van der Waals surface area contributed by atoms with Crippen LogP contribution in [0.5, 0.6) is 0 Å². The van der Waals surface area contributed by atoms with Gasteiger partial charge in [0.2, 0.25) is 0 Å². The Bertz CT molecular complexity index is 579. The van der Waals surface area contributed by atoms with Crippen LogP contribution in [-0.4, -0.2) is 186 Å². The summed E-state index contributed by atoms with van der Waals surface area (Å²) in [4.78, 5) is 68.1. The zero-order valence-corrected chi connectivity index (χ0v) is 25.2. The summed E-state index contributed by atoms with van der Waals surface area (Å²) in [5.74, 6) is 0. The molecule has 0 spiro atoms. The van der Waals surface area contributed by atoms with Crippen molar-refractivity contribution in [3.63, 3.8) is 0 Å². The molecule has 0 aromatic carbocycles. The Morgan fingerprint density at radius 1 is 0.552 bits per heavy atom. The predicted octanol–water partition coefficient (Wildman–Crippen LogP) is -3.79. The van der Waals surface area contributed by atoms with Crippen LogP contribution in [0.3, 0.4) is 0 Å². The van der Waals surface area contributed by atoms with Crippen molar-refractivity contribution in [1.29, 1.82) is 0 Å². The molecule has 0 atom stereocenters. The molecule has 0 bridgehead atoms. The van der Waals surface area contributed by atoms with E-state index >= 15 is 0 Å². The summed E-state index contributed by atoms with van der Waals surface area (Å²) in [6.45, 7) is -0.903. The molecule has 0 radical (unpaired) electrons. The van der Waals surface area contributed by atoms with Crippen molar-refractivity contribution in [3.05, 3.63) is 0 Å². The topological polar surface area (TPSA) is 323 Å². The molecule has 0 amide bonds. The van der Waals surface area contributed by atoms with Crippen LogP contribution in [0.25, 0.3) is 0 Å². The second kappa shape index (κ2) is 16.1. The van der Waals surface area contributed by atoms with Gasteiger partial charge >= 0.3 is 144 Å². The van der Waals surface area contributed by atoms with E-state index in [0.29, 0.717) is 0 Å². The van der Waals surface area contributed by atoms with Crippen LogP contribution >= 0.6 is 30.4 Å². The third-order valence-corrected chi connectivity index (χ3v) is 10.6. The Morgan fingerprint density at radius 3 is 0.724 bits per heavy atom. The largest absolute Gasteiger partial charge is 2.00 e. The van der Waals surface area contributed by atoms with Crippen LogP contribution in [0.2, 0.25) is 0 Å². The van der Waals surface area contributed by atoms with E-state index in [1.807, 2.05) is 0 Å². The molecule has 16 nitrogen and oxygen atoms in total. The van der Waals surface area contributed by atoms with Gasteiger partial charge in [0, 0.05) is 12.8 Å². The van der Waals surface area contributed by atoms with Gasteiger partial charge in [0.25, 0.3) is 10.2 Å². The fourth-order valence-electron chi connectivity index (χ4n) is 1.31. The molecule has 0 aromatic rings. The smallest absolute Gasteiger partial charge is 1.00 e. The van der Waals surface area contributed by atoms with Crippen LogP contribution in [-0.2, 0) is 18.3 Å². The van der Waals surface area contributed by atoms with Gasteiger partial charge in [-0.15, -0.1) is 0 Å². The van der Waals surface area contributed by atoms with Crippen molar-refractivity contribution in [3.8, 4) is 0 Å². The second-order valence-electron chi connectivity index (χ2n) is 4.80. The molecule has 0 aliphatic heterocycles. The van der Waals surface area contributed by atoms with E-state index in [2.05, 4.69) is 0 Å². The van der Waals surface area contributed by atoms with Crippen LogP contribution in [0.15, 0.2) is 0 Å². The van der Waals surface area contributed by atoms with Crippen molar-refractivity contribution in [1.82, 2.24) is 0 Å². The first-order valence-corrected chi connectivity index (χ1v) is 12.6. The summed E-state index contributed by atoms with van der Waals surface area (Å²) in [5.41, 5.74) is 9.72. The van der Waals surface area contributed by atoms with E-state index in [4.69, 9.17) is 60.8 Å². The third kappa shape index (κ3) is 12.7. The van der Waals surface area contributed by atoms with E-state index < -0.39 is 66.5 Å².